The number of nitrogens with zero attached hydrogens (tertiary/aromatic N) is 4. The fourth-order valence-corrected chi connectivity index (χ4v) is 2.44. The Kier molecular flexibility index (Phi) is 3.66. The van der Waals surface area contributed by atoms with Crippen molar-refractivity contribution in [3.05, 3.63) is 53.7 Å². The Bertz CT molecular complexity index is 749. The summed E-state index contributed by atoms with van der Waals surface area (Å²) in [7, 11) is 0. The molecule has 2 heterocycles. The quantitative estimate of drug-likeness (QED) is 0.798. The van der Waals surface area contributed by atoms with Crippen LogP contribution in [-0.2, 0) is 13.0 Å². The van der Waals surface area contributed by atoms with E-state index in [9.17, 15) is 5.11 Å². The molecule has 1 atom stereocenters. The van der Waals surface area contributed by atoms with Crippen LogP contribution in [0.1, 0.15) is 30.1 Å². The first kappa shape index (κ1) is 13.7. The molecular weight excluding hydrogens is 264 g/mol. The van der Waals surface area contributed by atoms with Gasteiger partial charge in [0.15, 0.2) is 5.82 Å². The Hall–Kier alpha value is -2.27. The van der Waals surface area contributed by atoms with E-state index in [2.05, 4.69) is 22.0 Å². The van der Waals surface area contributed by atoms with Gasteiger partial charge in [0, 0.05) is 30.7 Å². The fourth-order valence-electron chi connectivity index (χ4n) is 2.44. The van der Waals surface area contributed by atoms with Crippen molar-refractivity contribution in [2.24, 2.45) is 0 Å². The largest absolute Gasteiger partial charge is 0.385 e. The zero-order valence-electron chi connectivity index (χ0n) is 12.2. The zero-order chi connectivity index (χ0) is 14.8. The molecule has 0 aliphatic heterocycles. The van der Waals surface area contributed by atoms with Crippen molar-refractivity contribution in [2.45, 2.75) is 32.9 Å². The monoisotopic (exact) mass is 282 g/mol. The third kappa shape index (κ3) is 2.64. The molecule has 2 aromatic heterocycles. The molecule has 21 heavy (non-hydrogen) atoms. The van der Waals surface area contributed by atoms with Gasteiger partial charge >= 0.3 is 0 Å². The molecule has 0 saturated heterocycles. The normalized spacial score (nSPS) is 12.7. The summed E-state index contributed by atoms with van der Waals surface area (Å²) in [6.07, 6.45) is 3.10. The Morgan fingerprint density at radius 3 is 2.62 bits per heavy atom. The second-order valence-electron chi connectivity index (χ2n) is 5.12. The highest BCUT2D eigenvalue weighted by molar-refractivity contribution is 5.82. The molecular formula is C16H18N4O. The molecule has 0 amide bonds. The summed E-state index contributed by atoms with van der Waals surface area (Å²) in [6, 6.07) is 8.07. The highest BCUT2D eigenvalue weighted by atomic mass is 16.3. The molecule has 1 aromatic carbocycles. The van der Waals surface area contributed by atoms with Gasteiger partial charge in [-0.1, -0.05) is 18.2 Å². The van der Waals surface area contributed by atoms with E-state index < -0.39 is 6.10 Å². The molecule has 0 aliphatic carbocycles. The van der Waals surface area contributed by atoms with Crippen LogP contribution < -0.4 is 0 Å². The van der Waals surface area contributed by atoms with E-state index in [0.29, 0.717) is 12.2 Å². The predicted molar refractivity (Wildman–Crippen MR) is 80.8 cm³/mol. The first-order valence-corrected chi connectivity index (χ1v) is 7.10. The average Bonchev–Trinajstić information content (AvgIpc) is 2.86. The molecule has 5 heteroatoms. The van der Waals surface area contributed by atoms with Crippen LogP contribution in [-0.4, -0.2) is 24.9 Å². The standard InChI is InChI=1S/C16H18N4O/c1-3-20-14-7-5-4-6-12(14)13(19-20)8-15(21)16-17-9-11(2)10-18-16/h4-7,9-10,15,21H,3,8H2,1-2H3. The summed E-state index contributed by atoms with van der Waals surface area (Å²) < 4.78 is 1.95. The first-order chi connectivity index (χ1) is 10.2. The summed E-state index contributed by atoms with van der Waals surface area (Å²) in [6.45, 7) is 4.78. The molecule has 0 bridgehead atoms. The lowest BCUT2D eigenvalue weighted by Gasteiger charge is -2.07. The van der Waals surface area contributed by atoms with Crippen LogP contribution >= 0.6 is 0 Å². The van der Waals surface area contributed by atoms with Gasteiger partial charge in [0.2, 0.25) is 0 Å². The minimum Gasteiger partial charge on any atom is -0.385 e. The van der Waals surface area contributed by atoms with E-state index in [1.54, 1.807) is 12.4 Å². The smallest absolute Gasteiger partial charge is 0.157 e. The molecule has 3 aromatic rings. The number of aliphatic hydroxyl groups is 1. The first-order valence-electron chi connectivity index (χ1n) is 7.10. The summed E-state index contributed by atoms with van der Waals surface area (Å²) in [5.41, 5.74) is 2.95. The van der Waals surface area contributed by atoms with Crippen LogP contribution in [0.3, 0.4) is 0 Å². The van der Waals surface area contributed by atoms with Gasteiger partial charge in [-0.2, -0.15) is 5.10 Å². The number of hydrogen-bond acceptors (Lipinski definition) is 4. The van der Waals surface area contributed by atoms with Gasteiger partial charge in [-0.15, -0.1) is 0 Å². The number of fused-ring (bicyclic) bond motifs is 1. The van der Waals surface area contributed by atoms with E-state index >= 15 is 0 Å². The SMILES string of the molecule is CCn1nc(CC(O)c2ncc(C)cn2)c2ccccc21. The number of rotatable bonds is 4. The maximum absolute atomic E-state index is 10.3. The summed E-state index contributed by atoms with van der Waals surface area (Å²) in [4.78, 5) is 8.37. The van der Waals surface area contributed by atoms with Crippen molar-refractivity contribution >= 4 is 10.9 Å². The van der Waals surface area contributed by atoms with Gasteiger partial charge in [0.1, 0.15) is 6.10 Å². The van der Waals surface area contributed by atoms with E-state index in [4.69, 9.17) is 0 Å². The number of aryl methyl sites for hydroxylation is 2. The Labute approximate surface area is 123 Å². The van der Waals surface area contributed by atoms with Gasteiger partial charge in [-0.25, -0.2) is 9.97 Å². The highest BCUT2D eigenvalue weighted by Crippen LogP contribution is 2.22. The molecule has 0 spiro atoms. The predicted octanol–water partition coefficient (Wildman–Crippen LogP) is 2.43. The zero-order valence-corrected chi connectivity index (χ0v) is 12.2. The maximum Gasteiger partial charge on any atom is 0.157 e. The summed E-state index contributed by atoms with van der Waals surface area (Å²) in [5.74, 6) is 0.440. The van der Waals surface area contributed by atoms with E-state index in [1.807, 2.05) is 35.9 Å². The number of aliphatic hydroxyl groups excluding tert-OH is 1. The van der Waals surface area contributed by atoms with Crippen molar-refractivity contribution in [2.75, 3.05) is 0 Å². The van der Waals surface area contributed by atoms with Crippen molar-refractivity contribution in [1.29, 1.82) is 0 Å². The lowest BCUT2D eigenvalue weighted by atomic mass is 10.1. The van der Waals surface area contributed by atoms with Crippen LogP contribution in [0.2, 0.25) is 0 Å². The highest BCUT2D eigenvalue weighted by Gasteiger charge is 2.16. The minimum absolute atomic E-state index is 0.413. The molecule has 1 unspecified atom stereocenters. The van der Waals surface area contributed by atoms with Crippen LogP contribution in [0.5, 0.6) is 0 Å². The topological polar surface area (TPSA) is 63.8 Å². The lowest BCUT2D eigenvalue weighted by molar-refractivity contribution is 0.167. The van der Waals surface area contributed by atoms with Gasteiger partial charge < -0.3 is 5.11 Å². The molecule has 0 radical (unpaired) electrons. The van der Waals surface area contributed by atoms with Gasteiger partial charge in [-0.3, -0.25) is 4.68 Å². The van der Waals surface area contributed by atoms with Gasteiger partial charge in [0.05, 0.1) is 11.2 Å². The molecule has 1 N–H and O–H groups in total. The van der Waals surface area contributed by atoms with Crippen molar-refractivity contribution in [3.63, 3.8) is 0 Å². The molecule has 5 nitrogen and oxygen atoms in total. The second kappa shape index (κ2) is 5.61. The molecule has 0 fully saturated rings. The maximum atomic E-state index is 10.3. The summed E-state index contributed by atoms with van der Waals surface area (Å²) >= 11 is 0. The molecule has 3 rings (SSSR count). The van der Waals surface area contributed by atoms with Crippen LogP contribution in [0.15, 0.2) is 36.7 Å². The van der Waals surface area contributed by atoms with Crippen molar-refractivity contribution < 1.29 is 5.11 Å². The van der Waals surface area contributed by atoms with Crippen molar-refractivity contribution in [3.8, 4) is 0 Å². The number of benzene rings is 1. The third-order valence-corrected chi connectivity index (χ3v) is 3.52. The third-order valence-electron chi connectivity index (χ3n) is 3.52. The lowest BCUT2D eigenvalue weighted by Crippen LogP contribution is -2.08. The van der Waals surface area contributed by atoms with Crippen LogP contribution in [0, 0.1) is 6.92 Å². The molecule has 0 aliphatic rings. The average molecular weight is 282 g/mol. The molecule has 108 valence electrons. The van der Waals surface area contributed by atoms with Crippen LogP contribution in [0.4, 0.5) is 0 Å². The number of para-hydroxylation sites is 1. The van der Waals surface area contributed by atoms with E-state index in [-0.39, 0.29) is 0 Å². The van der Waals surface area contributed by atoms with Gasteiger partial charge in [0.25, 0.3) is 0 Å². The van der Waals surface area contributed by atoms with E-state index in [1.165, 1.54) is 0 Å². The summed E-state index contributed by atoms with van der Waals surface area (Å²) in [5, 5.41) is 16.0. The Balaban J connectivity index is 1.92. The second-order valence-corrected chi connectivity index (χ2v) is 5.12. The fraction of sp³-hybridized carbons (Fsp3) is 0.312. The van der Waals surface area contributed by atoms with Crippen molar-refractivity contribution in [1.82, 2.24) is 19.7 Å². The Morgan fingerprint density at radius 1 is 1.19 bits per heavy atom. The molecule has 0 saturated carbocycles. The van der Waals surface area contributed by atoms with Crippen LogP contribution in [0.25, 0.3) is 10.9 Å². The number of aromatic nitrogens is 4. The van der Waals surface area contributed by atoms with Gasteiger partial charge in [-0.05, 0) is 25.5 Å². The van der Waals surface area contributed by atoms with E-state index in [0.717, 1.165) is 28.7 Å². The Morgan fingerprint density at radius 2 is 1.90 bits per heavy atom. The number of hydrogen-bond donors (Lipinski definition) is 1. The minimum atomic E-state index is -0.741.